The van der Waals surface area contributed by atoms with Crippen molar-refractivity contribution < 1.29 is 9.59 Å². The minimum absolute atomic E-state index is 0.0774. The van der Waals surface area contributed by atoms with E-state index in [-0.39, 0.29) is 30.3 Å². The first-order valence-corrected chi connectivity index (χ1v) is 8.24. The van der Waals surface area contributed by atoms with Crippen LogP contribution in [0.25, 0.3) is 0 Å². The molecule has 0 fully saturated rings. The van der Waals surface area contributed by atoms with Gasteiger partial charge in [-0.3, -0.25) is 9.59 Å². The molecular formula is C16H24BrN3O2. The predicted molar refractivity (Wildman–Crippen MR) is 91.5 cm³/mol. The molecule has 0 heterocycles. The second kappa shape index (κ2) is 9.58. The normalized spacial score (nSPS) is 13.3. The van der Waals surface area contributed by atoms with E-state index in [0.29, 0.717) is 6.54 Å². The Kier molecular flexibility index (Phi) is 8.12. The van der Waals surface area contributed by atoms with E-state index in [9.17, 15) is 9.59 Å². The molecule has 1 unspecified atom stereocenters. The number of carbonyl (C=O) groups excluding carboxylic acids is 2. The van der Waals surface area contributed by atoms with Crippen LogP contribution in [0.5, 0.6) is 0 Å². The van der Waals surface area contributed by atoms with Crippen molar-refractivity contribution in [2.24, 2.45) is 0 Å². The van der Waals surface area contributed by atoms with E-state index < -0.39 is 0 Å². The van der Waals surface area contributed by atoms with Crippen molar-refractivity contribution in [3.05, 3.63) is 34.3 Å². The molecule has 0 radical (unpaired) electrons. The van der Waals surface area contributed by atoms with Crippen molar-refractivity contribution >= 4 is 27.7 Å². The quantitative estimate of drug-likeness (QED) is 0.657. The lowest BCUT2D eigenvalue weighted by Crippen LogP contribution is -2.40. The van der Waals surface area contributed by atoms with Crippen LogP contribution in [0.3, 0.4) is 0 Å². The molecule has 122 valence electrons. The summed E-state index contributed by atoms with van der Waals surface area (Å²) in [6.45, 7) is 6.93. The fourth-order valence-electron chi connectivity index (χ4n) is 2.14. The summed E-state index contributed by atoms with van der Waals surface area (Å²) < 4.78 is 0.960. The standard InChI is InChI=1S/C16H24BrN3O2/c1-4-18-11(2)10-19-16(22)9-15(20-12(3)21)13-5-7-14(17)8-6-13/h5-8,11,15,18H,4,9-10H2,1-3H3,(H,19,22)(H,20,21)/t11-,15?/m1/s1. The van der Waals surface area contributed by atoms with Crippen molar-refractivity contribution in [1.82, 2.24) is 16.0 Å². The summed E-state index contributed by atoms with van der Waals surface area (Å²) in [5.41, 5.74) is 0.910. The maximum absolute atomic E-state index is 12.1. The Labute approximate surface area is 140 Å². The predicted octanol–water partition coefficient (Wildman–Crippen LogP) is 2.13. The van der Waals surface area contributed by atoms with E-state index in [4.69, 9.17) is 0 Å². The van der Waals surface area contributed by atoms with Crippen molar-refractivity contribution in [2.75, 3.05) is 13.1 Å². The van der Waals surface area contributed by atoms with Crippen LogP contribution in [-0.4, -0.2) is 30.9 Å². The fourth-order valence-corrected chi connectivity index (χ4v) is 2.40. The summed E-state index contributed by atoms with van der Waals surface area (Å²) in [5, 5.41) is 8.95. The van der Waals surface area contributed by atoms with Crippen LogP contribution in [0.15, 0.2) is 28.7 Å². The second-order valence-electron chi connectivity index (χ2n) is 5.27. The van der Waals surface area contributed by atoms with Gasteiger partial charge in [-0.15, -0.1) is 0 Å². The third-order valence-corrected chi connectivity index (χ3v) is 3.73. The van der Waals surface area contributed by atoms with Gasteiger partial charge in [0.1, 0.15) is 0 Å². The van der Waals surface area contributed by atoms with Gasteiger partial charge in [0, 0.05) is 24.0 Å². The van der Waals surface area contributed by atoms with Gasteiger partial charge in [0.2, 0.25) is 11.8 Å². The number of carbonyl (C=O) groups is 2. The molecule has 2 atom stereocenters. The molecule has 5 nitrogen and oxygen atoms in total. The zero-order valence-corrected chi connectivity index (χ0v) is 14.9. The molecule has 1 aromatic carbocycles. The monoisotopic (exact) mass is 369 g/mol. The number of rotatable bonds is 8. The van der Waals surface area contributed by atoms with E-state index in [1.807, 2.05) is 38.1 Å². The summed E-state index contributed by atoms with van der Waals surface area (Å²) in [5.74, 6) is -0.229. The minimum atomic E-state index is -0.319. The van der Waals surface area contributed by atoms with E-state index in [1.165, 1.54) is 6.92 Å². The summed E-state index contributed by atoms with van der Waals surface area (Å²) >= 11 is 3.38. The number of nitrogens with one attached hydrogen (secondary N) is 3. The van der Waals surface area contributed by atoms with Crippen molar-refractivity contribution in [3.63, 3.8) is 0 Å². The van der Waals surface area contributed by atoms with Crippen molar-refractivity contribution in [3.8, 4) is 0 Å². The van der Waals surface area contributed by atoms with Crippen LogP contribution in [0.2, 0.25) is 0 Å². The Hall–Kier alpha value is -1.40. The molecule has 3 N–H and O–H groups in total. The van der Waals surface area contributed by atoms with Gasteiger partial charge in [-0.1, -0.05) is 35.0 Å². The molecule has 0 spiro atoms. The molecular weight excluding hydrogens is 346 g/mol. The highest BCUT2D eigenvalue weighted by atomic mass is 79.9. The first-order chi connectivity index (χ1) is 10.4. The Morgan fingerprint density at radius 1 is 1.23 bits per heavy atom. The first kappa shape index (κ1) is 18.6. The number of likely N-dealkylation sites (N-methyl/N-ethyl adjacent to an activating group) is 1. The van der Waals surface area contributed by atoms with Crippen LogP contribution in [0, 0.1) is 0 Å². The average molecular weight is 370 g/mol. The van der Waals surface area contributed by atoms with Crippen LogP contribution in [-0.2, 0) is 9.59 Å². The van der Waals surface area contributed by atoms with Gasteiger partial charge in [-0.25, -0.2) is 0 Å². The number of halogens is 1. The second-order valence-corrected chi connectivity index (χ2v) is 6.19. The summed E-state index contributed by atoms with van der Waals surface area (Å²) in [6, 6.07) is 7.50. The Bertz CT molecular complexity index is 491. The van der Waals surface area contributed by atoms with Gasteiger partial charge >= 0.3 is 0 Å². The number of benzene rings is 1. The molecule has 0 aliphatic heterocycles. The highest BCUT2D eigenvalue weighted by molar-refractivity contribution is 9.10. The highest BCUT2D eigenvalue weighted by Gasteiger charge is 2.17. The van der Waals surface area contributed by atoms with E-state index in [2.05, 4.69) is 31.9 Å². The number of amides is 2. The fraction of sp³-hybridized carbons (Fsp3) is 0.500. The largest absolute Gasteiger partial charge is 0.354 e. The maximum Gasteiger partial charge on any atom is 0.222 e. The van der Waals surface area contributed by atoms with Crippen LogP contribution in [0.4, 0.5) is 0 Å². The molecule has 2 amide bonds. The van der Waals surface area contributed by atoms with Crippen molar-refractivity contribution in [2.45, 2.75) is 39.3 Å². The lowest BCUT2D eigenvalue weighted by atomic mass is 10.0. The van der Waals surface area contributed by atoms with E-state index in [1.54, 1.807) is 0 Å². The summed E-state index contributed by atoms with van der Waals surface area (Å²) in [7, 11) is 0. The topological polar surface area (TPSA) is 70.2 Å². The molecule has 0 saturated heterocycles. The molecule has 0 saturated carbocycles. The first-order valence-electron chi connectivity index (χ1n) is 7.45. The highest BCUT2D eigenvalue weighted by Crippen LogP contribution is 2.19. The average Bonchev–Trinajstić information content (AvgIpc) is 2.45. The SMILES string of the molecule is CCN[C@H](C)CNC(=O)CC(NC(C)=O)c1ccc(Br)cc1. The molecule has 6 heteroatoms. The molecule has 0 aliphatic rings. The maximum atomic E-state index is 12.1. The number of hydrogen-bond acceptors (Lipinski definition) is 3. The molecule has 1 rings (SSSR count). The van der Waals surface area contributed by atoms with Crippen LogP contribution >= 0.6 is 15.9 Å². The van der Waals surface area contributed by atoms with Gasteiger partial charge in [-0.05, 0) is 31.2 Å². The van der Waals surface area contributed by atoms with E-state index >= 15 is 0 Å². The number of hydrogen-bond donors (Lipinski definition) is 3. The van der Waals surface area contributed by atoms with Crippen LogP contribution in [0.1, 0.15) is 38.8 Å². The Morgan fingerprint density at radius 2 is 1.86 bits per heavy atom. The zero-order valence-electron chi connectivity index (χ0n) is 13.3. The smallest absolute Gasteiger partial charge is 0.222 e. The van der Waals surface area contributed by atoms with E-state index in [0.717, 1.165) is 16.6 Å². The summed E-state index contributed by atoms with van der Waals surface area (Å²) in [4.78, 5) is 23.4. The third kappa shape index (κ3) is 7.04. The molecule has 0 aliphatic carbocycles. The minimum Gasteiger partial charge on any atom is -0.354 e. The molecule has 1 aromatic rings. The summed E-state index contributed by atoms with van der Waals surface area (Å²) in [6.07, 6.45) is 0.222. The lowest BCUT2D eigenvalue weighted by molar-refractivity contribution is -0.122. The zero-order chi connectivity index (χ0) is 16.5. The van der Waals surface area contributed by atoms with Gasteiger partial charge in [0.15, 0.2) is 0 Å². The van der Waals surface area contributed by atoms with Gasteiger partial charge in [0.25, 0.3) is 0 Å². The molecule has 22 heavy (non-hydrogen) atoms. The van der Waals surface area contributed by atoms with Crippen LogP contribution < -0.4 is 16.0 Å². The lowest BCUT2D eigenvalue weighted by Gasteiger charge is -2.19. The van der Waals surface area contributed by atoms with Gasteiger partial charge < -0.3 is 16.0 Å². The Morgan fingerprint density at radius 3 is 2.41 bits per heavy atom. The van der Waals surface area contributed by atoms with Gasteiger partial charge in [0.05, 0.1) is 12.5 Å². The third-order valence-electron chi connectivity index (χ3n) is 3.20. The van der Waals surface area contributed by atoms with Gasteiger partial charge in [-0.2, -0.15) is 0 Å². The van der Waals surface area contributed by atoms with Crippen molar-refractivity contribution in [1.29, 1.82) is 0 Å². The molecule has 0 bridgehead atoms. The molecule has 0 aromatic heterocycles. The Balaban J connectivity index is 2.63.